The second-order valence-electron chi connectivity index (χ2n) is 8.08. The monoisotopic (exact) mass is 419 g/mol. The molecule has 0 spiro atoms. The molecule has 5 heteroatoms. The summed E-state index contributed by atoms with van der Waals surface area (Å²) in [4.78, 5) is 12.2. The third kappa shape index (κ3) is 6.51. The fourth-order valence-electron chi connectivity index (χ4n) is 3.86. The molecule has 0 unspecified atom stereocenters. The van der Waals surface area contributed by atoms with Crippen LogP contribution in [-0.2, 0) is 11.3 Å². The molecule has 0 bridgehead atoms. The summed E-state index contributed by atoms with van der Waals surface area (Å²) in [6.07, 6.45) is 9.88. The number of carbonyl (C=O) groups excluding carboxylic acids is 1. The zero-order valence-corrected chi connectivity index (χ0v) is 18.5. The summed E-state index contributed by atoms with van der Waals surface area (Å²) in [5.74, 6) is -0.195. The highest BCUT2D eigenvalue weighted by Crippen LogP contribution is 2.39. The molecule has 1 heterocycles. The Morgan fingerprint density at radius 2 is 1.52 bits per heavy atom. The van der Waals surface area contributed by atoms with Crippen molar-refractivity contribution in [2.45, 2.75) is 71.3 Å². The van der Waals surface area contributed by atoms with E-state index >= 15 is 0 Å². The van der Waals surface area contributed by atoms with Gasteiger partial charge in [0.05, 0.1) is 12.1 Å². The van der Waals surface area contributed by atoms with E-state index in [2.05, 4.69) is 17.2 Å². The molecule has 0 aliphatic rings. The first kappa shape index (κ1) is 22.7. The van der Waals surface area contributed by atoms with Crippen molar-refractivity contribution >= 4 is 22.5 Å². The Balaban J connectivity index is 1.60. The quantitative estimate of drug-likeness (QED) is 0.243. The molecule has 31 heavy (non-hydrogen) atoms. The van der Waals surface area contributed by atoms with Gasteiger partial charge >= 0.3 is 0 Å². The van der Waals surface area contributed by atoms with E-state index in [1.54, 1.807) is 0 Å². The number of para-hydroxylation sites is 1. The van der Waals surface area contributed by atoms with Gasteiger partial charge < -0.3 is 9.67 Å². The molecule has 0 radical (unpaired) electrons. The van der Waals surface area contributed by atoms with E-state index in [-0.39, 0.29) is 11.8 Å². The van der Waals surface area contributed by atoms with Gasteiger partial charge in [-0.15, -0.1) is 10.2 Å². The van der Waals surface area contributed by atoms with Crippen LogP contribution in [0.2, 0.25) is 0 Å². The summed E-state index contributed by atoms with van der Waals surface area (Å²) >= 11 is 0. The van der Waals surface area contributed by atoms with Gasteiger partial charge in [0.15, 0.2) is 5.69 Å². The molecule has 2 aromatic carbocycles. The van der Waals surface area contributed by atoms with Crippen molar-refractivity contribution in [2.24, 2.45) is 10.2 Å². The van der Waals surface area contributed by atoms with Gasteiger partial charge in [-0.25, -0.2) is 0 Å². The number of amides is 1. The first-order chi connectivity index (χ1) is 15.2. The minimum Gasteiger partial charge on any atom is -0.493 e. The second-order valence-corrected chi connectivity index (χ2v) is 8.08. The van der Waals surface area contributed by atoms with E-state index < -0.39 is 0 Å². The molecular weight excluding hydrogens is 386 g/mol. The molecule has 1 N–H and O–H groups in total. The normalized spacial score (nSPS) is 11.5. The smallest absolute Gasteiger partial charge is 0.264 e. The highest BCUT2D eigenvalue weighted by atomic mass is 16.3. The molecule has 0 atom stereocenters. The van der Waals surface area contributed by atoms with Crippen molar-refractivity contribution in [2.75, 3.05) is 0 Å². The van der Waals surface area contributed by atoms with Crippen molar-refractivity contribution in [3.05, 3.63) is 60.2 Å². The van der Waals surface area contributed by atoms with Crippen molar-refractivity contribution < 1.29 is 9.90 Å². The molecule has 164 valence electrons. The Bertz CT molecular complexity index is 993. The minimum absolute atomic E-state index is 0.0358. The summed E-state index contributed by atoms with van der Waals surface area (Å²) in [6.45, 7) is 2.75. The Morgan fingerprint density at radius 3 is 2.26 bits per heavy atom. The van der Waals surface area contributed by atoms with E-state index in [0.717, 1.165) is 29.3 Å². The van der Waals surface area contributed by atoms with Crippen molar-refractivity contribution in [3.8, 4) is 5.88 Å². The predicted octanol–water partition coefficient (Wildman–Crippen LogP) is 7.54. The number of hydrogen-bond donors (Lipinski definition) is 1. The van der Waals surface area contributed by atoms with E-state index in [0.29, 0.717) is 18.7 Å². The second kappa shape index (κ2) is 12.0. The number of aromatic nitrogens is 1. The van der Waals surface area contributed by atoms with Gasteiger partial charge in [0.1, 0.15) is 0 Å². The van der Waals surface area contributed by atoms with Gasteiger partial charge in [-0.2, -0.15) is 0 Å². The molecule has 0 aliphatic heterocycles. The van der Waals surface area contributed by atoms with Gasteiger partial charge in [0.2, 0.25) is 5.88 Å². The van der Waals surface area contributed by atoms with Crippen LogP contribution in [0.4, 0.5) is 5.69 Å². The van der Waals surface area contributed by atoms with Crippen LogP contribution in [0.25, 0.3) is 10.9 Å². The van der Waals surface area contributed by atoms with Crippen LogP contribution in [0.3, 0.4) is 0 Å². The number of benzene rings is 2. The number of rotatable bonds is 12. The number of aromatic hydroxyl groups is 1. The highest BCUT2D eigenvalue weighted by molar-refractivity contribution is 5.95. The number of unbranched alkanes of at least 4 members (excludes halogenated alkanes) is 7. The standard InChI is InChI=1S/C26H33N3O2/c1-2-3-4-5-6-7-8-12-19-24(30)27-28-25-22-17-13-14-18-23(22)29(26(25)31)20-21-15-10-9-11-16-21/h9-11,13-18,31H,2-8,12,19-20H2,1H3. The molecular formula is C26H33N3O2. The third-order valence-electron chi connectivity index (χ3n) is 5.61. The Hall–Kier alpha value is -2.95. The van der Waals surface area contributed by atoms with Crippen LogP contribution in [0.15, 0.2) is 64.8 Å². The maximum atomic E-state index is 12.2. The molecule has 1 amide bonds. The predicted molar refractivity (Wildman–Crippen MR) is 126 cm³/mol. The SMILES string of the molecule is CCCCCCCCCCC(=O)N=Nc1c(O)n(Cc2ccccc2)c2ccccc12. The van der Waals surface area contributed by atoms with Gasteiger partial charge in [-0.3, -0.25) is 4.79 Å². The average Bonchev–Trinajstić information content (AvgIpc) is 3.06. The maximum Gasteiger partial charge on any atom is 0.264 e. The van der Waals surface area contributed by atoms with Crippen LogP contribution < -0.4 is 0 Å². The summed E-state index contributed by atoms with van der Waals surface area (Å²) < 4.78 is 1.81. The van der Waals surface area contributed by atoms with Gasteiger partial charge in [0, 0.05) is 11.8 Å². The number of azo groups is 1. The van der Waals surface area contributed by atoms with E-state index in [1.807, 2.05) is 59.2 Å². The summed E-state index contributed by atoms with van der Waals surface area (Å²) in [5.41, 5.74) is 2.30. The Labute approximate surface area is 184 Å². The topological polar surface area (TPSA) is 66.9 Å². The Morgan fingerprint density at radius 1 is 0.871 bits per heavy atom. The van der Waals surface area contributed by atoms with Crippen molar-refractivity contribution in [1.82, 2.24) is 4.57 Å². The largest absolute Gasteiger partial charge is 0.493 e. The molecule has 3 aromatic rings. The van der Waals surface area contributed by atoms with Crippen molar-refractivity contribution in [3.63, 3.8) is 0 Å². The zero-order valence-electron chi connectivity index (χ0n) is 18.5. The lowest BCUT2D eigenvalue weighted by molar-refractivity contribution is -0.118. The zero-order chi connectivity index (χ0) is 21.9. The van der Waals surface area contributed by atoms with Crippen LogP contribution in [0.5, 0.6) is 5.88 Å². The summed E-state index contributed by atoms with van der Waals surface area (Å²) in [6, 6.07) is 17.6. The van der Waals surface area contributed by atoms with Crippen molar-refractivity contribution in [1.29, 1.82) is 0 Å². The molecule has 0 saturated carbocycles. The van der Waals surface area contributed by atoms with Crippen LogP contribution >= 0.6 is 0 Å². The van der Waals surface area contributed by atoms with E-state index in [1.165, 1.54) is 38.5 Å². The lowest BCUT2D eigenvalue weighted by atomic mass is 10.1. The molecule has 5 nitrogen and oxygen atoms in total. The third-order valence-corrected chi connectivity index (χ3v) is 5.61. The van der Waals surface area contributed by atoms with E-state index in [4.69, 9.17) is 0 Å². The summed E-state index contributed by atoms with van der Waals surface area (Å²) in [7, 11) is 0. The van der Waals surface area contributed by atoms with Crippen LogP contribution in [0.1, 0.15) is 70.3 Å². The fraction of sp³-hybridized carbons (Fsp3) is 0.423. The van der Waals surface area contributed by atoms with Gasteiger partial charge in [0.25, 0.3) is 5.91 Å². The van der Waals surface area contributed by atoms with Crippen LogP contribution in [0, 0.1) is 0 Å². The molecule has 1 aromatic heterocycles. The molecule has 0 fully saturated rings. The first-order valence-corrected chi connectivity index (χ1v) is 11.5. The fourth-order valence-corrected chi connectivity index (χ4v) is 3.86. The Kier molecular flexibility index (Phi) is 8.83. The lowest BCUT2D eigenvalue weighted by Crippen LogP contribution is -1.98. The number of fused-ring (bicyclic) bond motifs is 1. The first-order valence-electron chi connectivity index (χ1n) is 11.5. The highest BCUT2D eigenvalue weighted by Gasteiger charge is 2.16. The average molecular weight is 420 g/mol. The van der Waals surface area contributed by atoms with Gasteiger partial charge in [-0.1, -0.05) is 100 Å². The number of hydrogen-bond acceptors (Lipinski definition) is 3. The maximum absolute atomic E-state index is 12.2. The molecule has 0 aliphatic carbocycles. The molecule has 0 saturated heterocycles. The van der Waals surface area contributed by atoms with E-state index in [9.17, 15) is 9.90 Å². The van der Waals surface area contributed by atoms with Crippen LogP contribution in [-0.4, -0.2) is 15.6 Å². The lowest BCUT2D eigenvalue weighted by Gasteiger charge is -2.06. The number of carbonyl (C=O) groups is 1. The minimum atomic E-state index is -0.231. The number of nitrogens with zero attached hydrogens (tertiary/aromatic N) is 3. The van der Waals surface area contributed by atoms with Gasteiger partial charge in [-0.05, 0) is 18.1 Å². The molecule has 3 rings (SSSR count). The summed E-state index contributed by atoms with van der Waals surface area (Å²) in [5, 5.41) is 19.7.